The van der Waals surface area contributed by atoms with Crippen LogP contribution in [0.4, 0.5) is 5.69 Å². The Labute approximate surface area is 158 Å². The highest BCUT2D eigenvalue weighted by atomic mass is 16.7. The first-order chi connectivity index (χ1) is 13.3. The fourth-order valence-corrected chi connectivity index (χ4v) is 2.86. The number of ether oxygens (including phenoxy) is 5. The third-order valence-corrected chi connectivity index (χ3v) is 4.33. The van der Waals surface area contributed by atoms with Crippen LogP contribution in [-0.4, -0.2) is 77.2 Å². The molecule has 0 amide bonds. The molecule has 5 atom stereocenters. The molecule has 28 heavy (non-hydrogen) atoms. The second-order valence-corrected chi connectivity index (χ2v) is 6.09. The molecule has 0 aliphatic carbocycles. The number of aliphatic hydroxyl groups is 3. The van der Waals surface area contributed by atoms with E-state index in [4.69, 9.17) is 18.9 Å². The number of nitro benzene ring substituents is 1. The number of benzene rings is 1. The first-order valence-electron chi connectivity index (χ1n) is 8.29. The standard InChI is InChI=1S/C16H19NO11/c1-24-14(21)13-11(19)10(18)12(20)16(28-13)27-9-3-2-7(17(22)23)6-8(9)15-25-4-5-26-15/h2-3,6,10-13,15-16,18-20H,4-5H2,1H3/t10-,11-,12+,13-,16+/m0/s1. The lowest BCUT2D eigenvalue weighted by Gasteiger charge is -2.39. The van der Waals surface area contributed by atoms with Gasteiger partial charge in [-0.1, -0.05) is 0 Å². The number of esters is 1. The van der Waals surface area contributed by atoms with Gasteiger partial charge in [0.15, 0.2) is 12.4 Å². The molecule has 2 aliphatic heterocycles. The van der Waals surface area contributed by atoms with Gasteiger partial charge in [0.2, 0.25) is 6.29 Å². The zero-order valence-corrected chi connectivity index (χ0v) is 14.7. The summed E-state index contributed by atoms with van der Waals surface area (Å²) in [5, 5.41) is 41.1. The van der Waals surface area contributed by atoms with E-state index in [9.17, 15) is 30.2 Å². The van der Waals surface area contributed by atoms with E-state index in [0.717, 1.165) is 13.2 Å². The molecular weight excluding hydrogens is 382 g/mol. The molecule has 0 bridgehead atoms. The summed E-state index contributed by atoms with van der Waals surface area (Å²) < 4.78 is 26.0. The number of hydrogen-bond acceptors (Lipinski definition) is 11. The normalized spacial score (nSPS) is 30.8. The van der Waals surface area contributed by atoms with Crippen molar-refractivity contribution in [1.82, 2.24) is 0 Å². The molecule has 2 saturated heterocycles. The van der Waals surface area contributed by atoms with E-state index in [1.54, 1.807) is 0 Å². The Bertz CT molecular complexity index is 735. The van der Waals surface area contributed by atoms with Crippen molar-refractivity contribution >= 4 is 11.7 Å². The molecule has 154 valence electrons. The molecule has 0 spiro atoms. The number of nitrogens with zero attached hydrogens (tertiary/aromatic N) is 1. The Balaban J connectivity index is 1.88. The lowest BCUT2D eigenvalue weighted by atomic mass is 9.99. The summed E-state index contributed by atoms with van der Waals surface area (Å²) in [6.07, 6.45) is -9.34. The molecule has 3 rings (SSSR count). The van der Waals surface area contributed by atoms with E-state index >= 15 is 0 Å². The maximum Gasteiger partial charge on any atom is 0.337 e. The number of methoxy groups -OCH3 is 1. The maximum absolute atomic E-state index is 11.8. The molecule has 1 aromatic carbocycles. The summed E-state index contributed by atoms with van der Waals surface area (Å²) in [6.45, 7) is 0.537. The van der Waals surface area contributed by atoms with Gasteiger partial charge in [-0.25, -0.2) is 4.79 Å². The minimum absolute atomic E-state index is 0.00811. The minimum atomic E-state index is -1.76. The Kier molecular flexibility index (Phi) is 6.07. The Morgan fingerprint density at radius 3 is 2.46 bits per heavy atom. The zero-order valence-electron chi connectivity index (χ0n) is 14.7. The van der Waals surface area contributed by atoms with Gasteiger partial charge in [0.1, 0.15) is 24.1 Å². The van der Waals surface area contributed by atoms with Crippen molar-refractivity contribution in [1.29, 1.82) is 0 Å². The molecular formula is C16H19NO11. The number of non-ortho nitro benzene ring substituents is 1. The van der Waals surface area contributed by atoms with Crippen LogP contribution in [0.25, 0.3) is 0 Å². The SMILES string of the molecule is COC(=O)[C@H]1O[C@@H](Oc2ccc([N+](=O)[O-])cc2C2OCCO2)[C@H](O)[C@@H](O)[C@@H]1O. The van der Waals surface area contributed by atoms with Crippen molar-refractivity contribution in [2.75, 3.05) is 20.3 Å². The number of hydrogen-bond donors (Lipinski definition) is 3. The summed E-state index contributed by atoms with van der Waals surface area (Å²) in [6, 6.07) is 3.59. The summed E-state index contributed by atoms with van der Waals surface area (Å²) >= 11 is 0. The third kappa shape index (κ3) is 3.92. The van der Waals surface area contributed by atoms with E-state index < -0.39 is 47.9 Å². The lowest BCUT2D eigenvalue weighted by molar-refractivity contribution is -0.385. The molecule has 0 aromatic heterocycles. The zero-order chi connectivity index (χ0) is 20.4. The van der Waals surface area contributed by atoms with E-state index in [1.165, 1.54) is 12.1 Å². The van der Waals surface area contributed by atoms with Crippen molar-refractivity contribution < 1.29 is 48.7 Å². The molecule has 2 aliphatic rings. The molecule has 12 heteroatoms. The first kappa shape index (κ1) is 20.4. The van der Waals surface area contributed by atoms with Crippen LogP contribution in [0.3, 0.4) is 0 Å². The van der Waals surface area contributed by atoms with Gasteiger partial charge in [-0.15, -0.1) is 0 Å². The summed E-state index contributed by atoms with van der Waals surface area (Å²) in [5.41, 5.74) is -0.0767. The number of carbonyl (C=O) groups excluding carboxylic acids is 1. The highest BCUT2D eigenvalue weighted by molar-refractivity contribution is 5.75. The maximum atomic E-state index is 11.8. The average Bonchev–Trinajstić information content (AvgIpc) is 3.22. The molecule has 3 N–H and O–H groups in total. The number of nitro groups is 1. The second-order valence-electron chi connectivity index (χ2n) is 6.09. The monoisotopic (exact) mass is 401 g/mol. The van der Waals surface area contributed by atoms with Crippen molar-refractivity contribution in [3.63, 3.8) is 0 Å². The predicted octanol–water partition coefficient (Wildman–Crippen LogP) is -1.00. The van der Waals surface area contributed by atoms with Crippen LogP contribution in [0.2, 0.25) is 0 Å². The van der Waals surface area contributed by atoms with Crippen LogP contribution in [0.15, 0.2) is 18.2 Å². The summed E-state index contributed by atoms with van der Waals surface area (Å²) in [4.78, 5) is 22.2. The van der Waals surface area contributed by atoms with Crippen LogP contribution in [-0.2, 0) is 23.7 Å². The van der Waals surface area contributed by atoms with Crippen LogP contribution in [0.5, 0.6) is 5.75 Å². The second kappa shape index (κ2) is 8.34. The van der Waals surface area contributed by atoms with Crippen LogP contribution in [0, 0.1) is 10.1 Å². The van der Waals surface area contributed by atoms with Gasteiger partial charge in [0.05, 0.1) is 30.8 Å². The van der Waals surface area contributed by atoms with Crippen molar-refractivity contribution in [2.45, 2.75) is 37.0 Å². The van der Waals surface area contributed by atoms with Crippen molar-refractivity contribution in [3.05, 3.63) is 33.9 Å². The molecule has 1 aromatic rings. The fourth-order valence-electron chi connectivity index (χ4n) is 2.86. The van der Waals surface area contributed by atoms with Crippen molar-refractivity contribution in [2.24, 2.45) is 0 Å². The Morgan fingerprint density at radius 1 is 1.18 bits per heavy atom. The average molecular weight is 401 g/mol. The molecule has 2 fully saturated rings. The van der Waals surface area contributed by atoms with Crippen LogP contribution in [0.1, 0.15) is 11.9 Å². The van der Waals surface area contributed by atoms with Crippen LogP contribution < -0.4 is 4.74 Å². The largest absolute Gasteiger partial charge is 0.467 e. The Hall–Kier alpha value is -2.35. The smallest absolute Gasteiger partial charge is 0.337 e. The fraction of sp³-hybridized carbons (Fsp3) is 0.562. The molecule has 12 nitrogen and oxygen atoms in total. The number of rotatable bonds is 5. The van der Waals surface area contributed by atoms with E-state index in [0.29, 0.717) is 0 Å². The molecule has 2 heterocycles. The van der Waals surface area contributed by atoms with Gasteiger partial charge >= 0.3 is 5.97 Å². The van der Waals surface area contributed by atoms with Gasteiger partial charge in [-0.3, -0.25) is 10.1 Å². The van der Waals surface area contributed by atoms with Gasteiger partial charge < -0.3 is 39.0 Å². The summed E-state index contributed by atoms with van der Waals surface area (Å²) in [5.74, 6) is -0.966. The van der Waals surface area contributed by atoms with Gasteiger partial charge in [-0.2, -0.15) is 0 Å². The van der Waals surface area contributed by atoms with Crippen molar-refractivity contribution in [3.8, 4) is 5.75 Å². The molecule has 0 unspecified atom stereocenters. The van der Waals surface area contributed by atoms with Crippen LogP contribution >= 0.6 is 0 Å². The van der Waals surface area contributed by atoms with E-state index in [2.05, 4.69) is 4.74 Å². The Morgan fingerprint density at radius 2 is 1.86 bits per heavy atom. The molecule has 0 saturated carbocycles. The molecule has 0 radical (unpaired) electrons. The van der Waals surface area contributed by atoms with Gasteiger partial charge in [-0.05, 0) is 6.07 Å². The summed E-state index contributed by atoms with van der Waals surface area (Å²) in [7, 11) is 1.06. The quantitative estimate of drug-likeness (QED) is 0.314. The van der Waals surface area contributed by atoms with Gasteiger partial charge in [0, 0.05) is 12.1 Å². The minimum Gasteiger partial charge on any atom is -0.467 e. The predicted molar refractivity (Wildman–Crippen MR) is 87.1 cm³/mol. The number of aliphatic hydroxyl groups excluding tert-OH is 3. The third-order valence-electron chi connectivity index (χ3n) is 4.33. The topological polar surface area (TPSA) is 167 Å². The van der Waals surface area contributed by atoms with E-state index in [-0.39, 0.29) is 30.2 Å². The lowest BCUT2D eigenvalue weighted by Crippen LogP contribution is -2.61. The first-order valence-corrected chi connectivity index (χ1v) is 8.29. The highest BCUT2D eigenvalue weighted by Crippen LogP contribution is 2.36. The highest BCUT2D eigenvalue weighted by Gasteiger charge is 2.48. The number of carbonyl (C=O) groups is 1. The van der Waals surface area contributed by atoms with E-state index in [1.807, 2.05) is 0 Å². The van der Waals surface area contributed by atoms with Gasteiger partial charge in [0.25, 0.3) is 5.69 Å².